The van der Waals surface area contributed by atoms with Gasteiger partial charge < -0.3 is 9.15 Å². The predicted molar refractivity (Wildman–Crippen MR) is 92.2 cm³/mol. The third kappa shape index (κ3) is 3.74. The zero-order chi connectivity index (χ0) is 18.0. The van der Waals surface area contributed by atoms with E-state index in [2.05, 4.69) is 0 Å². The minimum absolute atomic E-state index is 0.124. The zero-order valence-electron chi connectivity index (χ0n) is 13.7. The van der Waals surface area contributed by atoms with Crippen LogP contribution in [-0.2, 0) is 0 Å². The van der Waals surface area contributed by atoms with Crippen LogP contribution >= 0.6 is 0 Å². The van der Waals surface area contributed by atoms with Gasteiger partial charge in [-0.3, -0.25) is 14.9 Å². The number of furan rings is 1. The number of aryl methyl sites for hydroxylation is 2. The molecule has 6 heteroatoms. The number of nitro groups is 1. The van der Waals surface area contributed by atoms with Crippen molar-refractivity contribution >= 4 is 12.0 Å². The normalized spacial score (nSPS) is 10.5. The summed E-state index contributed by atoms with van der Waals surface area (Å²) in [5.74, 6) is 1.42. The third-order valence-corrected chi connectivity index (χ3v) is 3.56. The van der Waals surface area contributed by atoms with Gasteiger partial charge in [-0.1, -0.05) is 6.07 Å². The third-order valence-electron chi connectivity index (χ3n) is 3.56. The molecule has 0 aliphatic heterocycles. The first-order valence-corrected chi connectivity index (χ1v) is 7.55. The van der Waals surface area contributed by atoms with Gasteiger partial charge in [-0.2, -0.15) is 0 Å². The van der Waals surface area contributed by atoms with Gasteiger partial charge in [0.2, 0.25) is 0 Å². The lowest BCUT2D eigenvalue weighted by molar-refractivity contribution is -0.384. The fourth-order valence-corrected chi connectivity index (χ4v) is 2.59. The Morgan fingerprint density at radius 3 is 2.28 bits per heavy atom. The number of hydrogen-bond donors (Lipinski definition) is 0. The molecule has 0 spiro atoms. The lowest BCUT2D eigenvalue weighted by Crippen LogP contribution is -1.92. The molecule has 0 amide bonds. The van der Waals surface area contributed by atoms with Gasteiger partial charge in [0.25, 0.3) is 5.69 Å². The van der Waals surface area contributed by atoms with E-state index in [4.69, 9.17) is 9.15 Å². The van der Waals surface area contributed by atoms with Crippen LogP contribution in [0, 0.1) is 24.0 Å². The molecule has 126 valence electrons. The van der Waals surface area contributed by atoms with Crippen molar-refractivity contribution in [3.05, 3.63) is 75.5 Å². The first-order valence-electron chi connectivity index (χ1n) is 7.55. The number of ether oxygens (including phenoxy) is 1. The van der Waals surface area contributed by atoms with Crippen molar-refractivity contribution in [1.29, 1.82) is 0 Å². The highest BCUT2D eigenvalue weighted by Gasteiger charge is 2.15. The maximum Gasteiger partial charge on any atom is 0.273 e. The van der Waals surface area contributed by atoms with Crippen LogP contribution in [-0.4, -0.2) is 11.2 Å². The Balaban J connectivity index is 2.03. The Morgan fingerprint density at radius 1 is 1.00 bits per heavy atom. The Hall–Kier alpha value is -3.41. The first kappa shape index (κ1) is 16.4. The van der Waals surface area contributed by atoms with Crippen molar-refractivity contribution in [1.82, 2.24) is 0 Å². The molecule has 0 saturated carbocycles. The van der Waals surface area contributed by atoms with Gasteiger partial charge in [0, 0.05) is 11.6 Å². The molecule has 0 atom stereocenters. The van der Waals surface area contributed by atoms with Crippen molar-refractivity contribution in [2.45, 2.75) is 13.8 Å². The average Bonchev–Trinajstić information content (AvgIpc) is 3.02. The number of benzene rings is 2. The number of nitrogens with zero attached hydrogens (tertiary/aromatic N) is 1. The van der Waals surface area contributed by atoms with E-state index in [-0.39, 0.29) is 11.4 Å². The van der Waals surface area contributed by atoms with Crippen molar-refractivity contribution in [2.75, 3.05) is 0 Å². The van der Waals surface area contributed by atoms with Gasteiger partial charge in [-0.15, -0.1) is 0 Å². The van der Waals surface area contributed by atoms with Crippen LogP contribution < -0.4 is 4.74 Å². The van der Waals surface area contributed by atoms with E-state index < -0.39 is 4.92 Å². The van der Waals surface area contributed by atoms with Gasteiger partial charge in [0.1, 0.15) is 17.3 Å². The summed E-state index contributed by atoms with van der Waals surface area (Å²) in [6.07, 6.45) is 0.577. The Labute approximate surface area is 143 Å². The summed E-state index contributed by atoms with van der Waals surface area (Å²) < 4.78 is 11.2. The van der Waals surface area contributed by atoms with Crippen LogP contribution in [0.5, 0.6) is 11.5 Å². The number of carbonyl (C=O) groups excluding carboxylic acids is 1. The van der Waals surface area contributed by atoms with E-state index in [1.165, 1.54) is 18.2 Å². The fourth-order valence-electron chi connectivity index (χ4n) is 2.59. The first-order chi connectivity index (χ1) is 11.9. The minimum Gasteiger partial charge on any atom is -0.457 e. The van der Waals surface area contributed by atoms with Gasteiger partial charge in [-0.05, 0) is 55.3 Å². The van der Waals surface area contributed by atoms with Crippen molar-refractivity contribution in [3.63, 3.8) is 0 Å². The molecule has 0 fully saturated rings. The fraction of sp³-hybridized carbons (Fsp3) is 0.105. The molecule has 0 N–H and O–H groups in total. The second-order valence-corrected chi connectivity index (χ2v) is 5.72. The van der Waals surface area contributed by atoms with Crippen LogP contribution in [0.4, 0.5) is 5.69 Å². The van der Waals surface area contributed by atoms with Crippen LogP contribution in [0.2, 0.25) is 0 Å². The SMILES string of the molecule is Cc1cc(C)cc(Oc2cc(-c3ccc(C=O)o3)cc([N+](=O)[O-])c2)c1. The lowest BCUT2D eigenvalue weighted by atomic mass is 10.1. The molecule has 1 aromatic heterocycles. The highest BCUT2D eigenvalue weighted by Crippen LogP contribution is 2.33. The highest BCUT2D eigenvalue weighted by molar-refractivity contribution is 5.73. The van der Waals surface area contributed by atoms with E-state index in [0.717, 1.165) is 11.1 Å². The summed E-state index contributed by atoms with van der Waals surface area (Å²) in [7, 11) is 0. The van der Waals surface area contributed by atoms with E-state index in [9.17, 15) is 14.9 Å². The monoisotopic (exact) mass is 337 g/mol. The number of carbonyl (C=O) groups is 1. The molecule has 3 aromatic rings. The Bertz CT molecular complexity index is 938. The molecular formula is C19H15NO5. The van der Waals surface area contributed by atoms with Gasteiger partial charge in [0.15, 0.2) is 12.0 Å². The van der Waals surface area contributed by atoms with Crippen molar-refractivity contribution in [2.24, 2.45) is 0 Å². The van der Waals surface area contributed by atoms with Crippen molar-refractivity contribution in [3.8, 4) is 22.8 Å². The largest absolute Gasteiger partial charge is 0.457 e. The average molecular weight is 337 g/mol. The number of non-ortho nitro benzene ring substituents is 1. The summed E-state index contributed by atoms with van der Waals surface area (Å²) in [6, 6.07) is 13.2. The molecule has 3 rings (SSSR count). The van der Waals surface area contributed by atoms with Gasteiger partial charge in [0.05, 0.1) is 11.0 Å². The van der Waals surface area contributed by atoms with E-state index in [1.54, 1.807) is 12.1 Å². The lowest BCUT2D eigenvalue weighted by Gasteiger charge is -2.09. The molecule has 6 nitrogen and oxygen atoms in total. The number of nitro benzene ring substituents is 1. The molecule has 0 radical (unpaired) electrons. The molecule has 0 saturated heterocycles. The molecule has 0 unspecified atom stereocenters. The summed E-state index contributed by atoms with van der Waals surface area (Å²) >= 11 is 0. The summed E-state index contributed by atoms with van der Waals surface area (Å²) in [6.45, 7) is 3.89. The maximum atomic E-state index is 11.2. The molecule has 0 aliphatic carbocycles. The quantitative estimate of drug-likeness (QED) is 0.368. The van der Waals surface area contributed by atoms with Crippen LogP contribution in [0.3, 0.4) is 0 Å². The van der Waals surface area contributed by atoms with Gasteiger partial charge >= 0.3 is 0 Å². The molecule has 1 heterocycles. The van der Waals surface area contributed by atoms with E-state index in [1.807, 2.05) is 32.0 Å². The maximum absolute atomic E-state index is 11.2. The number of hydrogen-bond acceptors (Lipinski definition) is 5. The standard InChI is InChI=1S/C19H15NO5/c1-12-5-13(2)7-17(6-12)24-18-9-14(8-15(10-18)20(22)23)19-4-3-16(11-21)25-19/h3-11H,1-2H3. The molecule has 2 aromatic carbocycles. The van der Waals surface area contributed by atoms with E-state index >= 15 is 0 Å². The smallest absolute Gasteiger partial charge is 0.273 e. The second kappa shape index (κ2) is 6.60. The molecule has 0 bridgehead atoms. The molecule has 25 heavy (non-hydrogen) atoms. The van der Waals surface area contributed by atoms with Crippen LogP contribution in [0.15, 0.2) is 52.9 Å². The van der Waals surface area contributed by atoms with Crippen molar-refractivity contribution < 1.29 is 18.9 Å². The Morgan fingerprint density at radius 2 is 1.68 bits per heavy atom. The summed E-state index contributed by atoms with van der Waals surface area (Å²) in [5, 5.41) is 11.2. The Kier molecular flexibility index (Phi) is 4.35. The van der Waals surface area contributed by atoms with E-state index in [0.29, 0.717) is 29.1 Å². The van der Waals surface area contributed by atoms with Crippen LogP contribution in [0.25, 0.3) is 11.3 Å². The summed E-state index contributed by atoms with van der Waals surface area (Å²) in [4.78, 5) is 21.5. The van der Waals surface area contributed by atoms with Crippen LogP contribution in [0.1, 0.15) is 21.7 Å². The zero-order valence-corrected chi connectivity index (χ0v) is 13.7. The predicted octanol–water partition coefficient (Wildman–Crippen LogP) is 5.08. The summed E-state index contributed by atoms with van der Waals surface area (Å²) in [5.41, 5.74) is 2.40. The highest BCUT2D eigenvalue weighted by atomic mass is 16.6. The minimum atomic E-state index is -0.499. The van der Waals surface area contributed by atoms with Gasteiger partial charge in [-0.25, -0.2) is 0 Å². The number of aldehydes is 1. The second-order valence-electron chi connectivity index (χ2n) is 5.72. The number of rotatable bonds is 5. The topological polar surface area (TPSA) is 82.6 Å². The molecule has 0 aliphatic rings. The molecular weight excluding hydrogens is 322 g/mol.